The molecule has 1 aromatic rings. The summed E-state index contributed by atoms with van der Waals surface area (Å²) >= 11 is 0. The van der Waals surface area contributed by atoms with Gasteiger partial charge in [-0.1, -0.05) is 12.1 Å². The van der Waals surface area contributed by atoms with E-state index in [4.69, 9.17) is 10.0 Å². The molecule has 0 bridgehead atoms. The van der Waals surface area contributed by atoms with Crippen molar-refractivity contribution in [1.29, 1.82) is 0 Å². The molecule has 0 unspecified atom stereocenters. The minimum atomic E-state index is -4.32. The highest BCUT2D eigenvalue weighted by atomic mass is 19.4. The molecule has 0 saturated heterocycles. The van der Waals surface area contributed by atoms with E-state index in [0.29, 0.717) is 12.8 Å². The summed E-state index contributed by atoms with van der Waals surface area (Å²) in [6, 6.07) is 3.36. The molecule has 1 aliphatic carbocycles. The van der Waals surface area contributed by atoms with Crippen molar-refractivity contribution in [1.82, 2.24) is 4.90 Å². The molecule has 0 aliphatic heterocycles. The van der Waals surface area contributed by atoms with Gasteiger partial charge in [0.05, 0.1) is 6.54 Å². The third-order valence-electron chi connectivity index (χ3n) is 3.19. The lowest BCUT2D eigenvalue weighted by atomic mass is 9.80. The normalized spacial score (nSPS) is 15.8. The Morgan fingerprint density at radius 3 is 2.35 bits per heavy atom. The fourth-order valence-corrected chi connectivity index (χ4v) is 2.06. The molecular formula is C12H14BF4NO2. The van der Waals surface area contributed by atoms with Gasteiger partial charge in [-0.25, -0.2) is 4.39 Å². The number of hydrogen-bond donors (Lipinski definition) is 2. The van der Waals surface area contributed by atoms with Crippen molar-refractivity contribution in [2.45, 2.75) is 31.6 Å². The lowest BCUT2D eigenvalue weighted by Crippen LogP contribution is -2.36. The third kappa shape index (κ3) is 4.19. The zero-order valence-electron chi connectivity index (χ0n) is 10.6. The molecule has 1 aromatic carbocycles. The molecule has 3 nitrogen and oxygen atoms in total. The van der Waals surface area contributed by atoms with Gasteiger partial charge in [-0.3, -0.25) is 4.90 Å². The van der Waals surface area contributed by atoms with Gasteiger partial charge in [-0.05, 0) is 24.4 Å². The van der Waals surface area contributed by atoms with Crippen LogP contribution >= 0.6 is 0 Å². The smallest absolute Gasteiger partial charge is 0.423 e. The average molecular weight is 291 g/mol. The molecule has 2 N–H and O–H groups in total. The van der Waals surface area contributed by atoms with Crippen molar-refractivity contribution in [2.24, 2.45) is 0 Å². The summed E-state index contributed by atoms with van der Waals surface area (Å²) in [4.78, 5) is 1.20. The topological polar surface area (TPSA) is 43.7 Å². The largest absolute Gasteiger partial charge is 0.488 e. The second-order valence-corrected chi connectivity index (χ2v) is 4.98. The van der Waals surface area contributed by atoms with Gasteiger partial charge in [0, 0.05) is 18.2 Å². The first-order valence-electron chi connectivity index (χ1n) is 6.21. The lowest BCUT2D eigenvalue weighted by molar-refractivity contribution is -0.148. The van der Waals surface area contributed by atoms with E-state index >= 15 is 0 Å². The predicted octanol–water partition coefficient (Wildman–Crippen LogP) is 1.03. The van der Waals surface area contributed by atoms with Crippen LogP contribution in [0.5, 0.6) is 0 Å². The maximum Gasteiger partial charge on any atom is 0.488 e. The van der Waals surface area contributed by atoms with Crippen molar-refractivity contribution in [2.75, 3.05) is 6.54 Å². The molecule has 0 heterocycles. The molecule has 1 fully saturated rings. The van der Waals surface area contributed by atoms with Crippen molar-refractivity contribution in [3.63, 3.8) is 0 Å². The van der Waals surface area contributed by atoms with Crippen LogP contribution in [0.25, 0.3) is 0 Å². The second kappa shape index (κ2) is 5.71. The van der Waals surface area contributed by atoms with Gasteiger partial charge < -0.3 is 10.0 Å². The van der Waals surface area contributed by atoms with Gasteiger partial charge >= 0.3 is 13.3 Å². The number of nitrogens with zero attached hydrogens (tertiary/aromatic N) is 1. The monoisotopic (exact) mass is 291 g/mol. The van der Waals surface area contributed by atoms with E-state index in [-0.39, 0.29) is 23.6 Å². The summed E-state index contributed by atoms with van der Waals surface area (Å²) in [5.74, 6) is -0.733. The summed E-state index contributed by atoms with van der Waals surface area (Å²) < 4.78 is 51.2. The van der Waals surface area contributed by atoms with E-state index in [0.717, 1.165) is 6.07 Å². The Labute approximate surface area is 114 Å². The van der Waals surface area contributed by atoms with Crippen LogP contribution in [0.3, 0.4) is 0 Å². The summed E-state index contributed by atoms with van der Waals surface area (Å²) in [5.41, 5.74) is 0.0885. The number of hydrogen-bond acceptors (Lipinski definition) is 3. The first kappa shape index (κ1) is 15.3. The molecule has 20 heavy (non-hydrogen) atoms. The molecule has 110 valence electrons. The van der Waals surface area contributed by atoms with Crippen LogP contribution in [-0.4, -0.2) is 40.8 Å². The highest BCUT2D eigenvalue weighted by molar-refractivity contribution is 6.58. The number of alkyl halides is 3. The first-order valence-corrected chi connectivity index (χ1v) is 6.21. The Kier molecular flexibility index (Phi) is 4.36. The van der Waals surface area contributed by atoms with Crippen LogP contribution in [0.2, 0.25) is 0 Å². The maximum absolute atomic E-state index is 13.8. The summed E-state index contributed by atoms with van der Waals surface area (Å²) in [6.07, 6.45) is -2.95. The van der Waals surface area contributed by atoms with E-state index in [1.807, 2.05) is 0 Å². The van der Waals surface area contributed by atoms with Crippen LogP contribution in [-0.2, 0) is 6.54 Å². The van der Waals surface area contributed by atoms with E-state index in [1.54, 1.807) is 0 Å². The van der Waals surface area contributed by atoms with Crippen molar-refractivity contribution in [3.05, 3.63) is 29.6 Å². The van der Waals surface area contributed by atoms with Gasteiger partial charge in [0.15, 0.2) is 0 Å². The fraction of sp³-hybridized carbons (Fsp3) is 0.500. The quantitative estimate of drug-likeness (QED) is 0.629. The number of benzene rings is 1. The Bertz CT molecular complexity index is 477. The van der Waals surface area contributed by atoms with Crippen LogP contribution in [0, 0.1) is 5.82 Å². The van der Waals surface area contributed by atoms with Crippen molar-refractivity contribution < 1.29 is 27.6 Å². The average Bonchev–Trinajstić information content (AvgIpc) is 3.12. The summed E-state index contributed by atoms with van der Waals surface area (Å²) in [5, 5.41) is 17.8. The van der Waals surface area contributed by atoms with E-state index in [1.165, 1.54) is 17.0 Å². The Morgan fingerprint density at radius 2 is 1.90 bits per heavy atom. The lowest BCUT2D eigenvalue weighted by Gasteiger charge is -2.23. The second-order valence-electron chi connectivity index (χ2n) is 4.98. The molecule has 8 heteroatoms. The number of halogens is 4. The van der Waals surface area contributed by atoms with Crippen LogP contribution < -0.4 is 5.46 Å². The maximum atomic E-state index is 13.8. The molecule has 1 aliphatic rings. The van der Waals surface area contributed by atoms with Gasteiger partial charge in [-0.2, -0.15) is 13.2 Å². The van der Waals surface area contributed by atoms with Crippen LogP contribution in [0.15, 0.2) is 18.2 Å². The van der Waals surface area contributed by atoms with Gasteiger partial charge in [-0.15, -0.1) is 0 Å². The van der Waals surface area contributed by atoms with E-state index < -0.39 is 25.7 Å². The molecular weight excluding hydrogens is 277 g/mol. The van der Waals surface area contributed by atoms with Gasteiger partial charge in [0.1, 0.15) is 5.82 Å². The predicted molar refractivity (Wildman–Crippen MR) is 65.7 cm³/mol. The van der Waals surface area contributed by atoms with Crippen LogP contribution in [0.4, 0.5) is 17.6 Å². The van der Waals surface area contributed by atoms with E-state index in [2.05, 4.69) is 0 Å². The van der Waals surface area contributed by atoms with E-state index in [9.17, 15) is 17.6 Å². The highest BCUT2D eigenvalue weighted by Gasteiger charge is 2.38. The Balaban J connectivity index is 2.10. The zero-order valence-corrected chi connectivity index (χ0v) is 10.6. The molecule has 0 spiro atoms. The minimum absolute atomic E-state index is 0.0277. The molecule has 0 radical (unpaired) electrons. The zero-order chi connectivity index (χ0) is 14.9. The summed E-state index contributed by atoms with van der Waals surface area (Å²) in [6.45, 7) is -1.21. The van der Waals surface area contributed by atoms with Crippen molar-refractivity contribution >= 4 is 12.6 Å². The molecule has 0 aromatic heterocycles. The third-order valence-corrected chi connectivity index (χ3v) is 3.19. The molecule has 2 rings (SSSR count). The minimum Gasteiger partial charge on any atom is -0.423 e. The SMILES string of the molecule is OB(O)c1ccc(CN(CC(F)(F)F)C2CC2)c(F)c1. The van der Waals surface area contributed by atoms with Gasteiger partial charge in [0.25, 0.3) is 0 Å². The highest BCUT2D eigenvalue weighted by Crippen LogP contribution is 2.31. The standard InChI is InChI=1S/C12H14BF4NO2/c14-11-5-9(13(19)20)2-1-8(11)6-18(10-3-4-10)7-12(15,16)17/h1-2,5,10,19-20H,3-4,6-7H2. The van der Waals surface area contributed by atoms with Gasteiger partial charge in [0.2, 0.25) is 0 Å². The molecule has 0 atom stereocenters. The fourth-order valence-electron chi connectivity index (χ4n) is 2.06. The summed E-state index contributed by atoms with van der Waals surface area (Å²) in [7, 11) is -1.80. The molecule has 1 saturated carbocycles. The van der Waals surface area contributed by atoms with Crippen molar-refractivity contribution in [3.8, 4) is 0 Å². The first-order chi connectivity index (χ1) is 9.26. The Hall–Kier alpha value is -1.12. The Morgan fingerprint density at radius 1 is 1.25 bits per heavy atom. The molecule has 0 amide bonds. The van der Waals surface area contributed by atoms with Crippen LogP contribution in [0.1, 0.15) is 18.4 Å². The number of rotatable bonds is 5.